The second-order valence-corrected chi connectivity index (χ2v) is 5.86. The van der Waals surface area contributed by atoms with Crippen LogP contribution in [-0.2, 0) is 0 Å². The van der Waals surface area contributed by atoms with E-state index in [0.717, 1.165) is 9.37 Å². The maximum Gasteiger partial charge on any atom is 0.240 e. The molecule has 21 heavy (non-hydrogen) atoms. The number of hydrogen-bond acceptors (Lipinski definition) is 6. The predicted octanol–water partition coefficient (Wildman–Crippen LogP) is 3.01. The van der Waals surface area contributed by atoms with Crippen molar-refractivity contribution in [3.05, 3.63) is 47.5 Å². The Labute approximate surface area is 134 Å². The third-order valence-corrected chi connectivity index (χ3v) is 4.49. The summed E-state index contributed by atoms with van der Waals surface area (Å²) in [6.45, 7) is 0. The van der Waals surface area contributed by atoms with E-state index in [1.165, 1.54) is 11.8 Å². The predicted molar refractivity (Wildman–Crippen MR) is 84.8 cm³/mol. The van der Waals surface area contributed by atoms with Crippen LogP contribution in [0.3, 0.4) is 0 Å². The molecule has 0 fully saturated rings. The second-order valence-electron chi connectivity index (χ2n) is 3.99. The molecule has 1 aromatic carbocycles. The molecule has 0 amide bonds. The van der Waals surface area contributed by atoms with Crippen molar-refractivity contribution in [2.45, 2.75) is 10.1 Å². The fourth-order valence-electron chi connectivity index (χ4n) is 1.62. The summed E-state index contributed by atoms with van der Waals surface area (Å²) in [5, 5.41) is 3.56. The van der Waals surface area contributed by atoms with Crippen LogP contribution in [0.15, 0.2) is 57.5 Å². The van der Waals surface area contributed by atoms with Gasteiger partial charge in [0.05, 0.1) is 0 Å². The summed E-state index contributed by atoms with van der Waals surface area (Å²) in [4.78, 5) is 18.2. The van der Waals surface area contributed by atoms with Crippen molar-refractivity contribution in [2.24, 2.45) is 0 Å². The van der Waals surface area contributed by atoms with Crippen LogP contribution in [0.4, 0.5) is 5.95 Å². The Kier molecular flexibility index (Phi) is 4.16. The zero-order valence-electron chi connectivity index (χ0n) is 11.1. The molecule has 0 saturated carbocycles. The monoisotopic (exact) mass is 362 g/mol. The molecule has 0 unspecified atom stereocenters. The van der Waals surface area contributed by atoms with Crippen molar-refractivity contribution in [1.82, 2.24) is 24.5 Å². The van der Waals surface area contributed by atoms with Crippen molar-refractivity contribution in [3.63, 3.8) is 0 Å². The first kappa shape index (κ1) is 14.0. The van der Waals surface area contributed by atoms with Gasteiger partial charge >= 0.3 is 0 Å². The van der Waals surface area contributed by atoms with Gasteiger partial charge in [0.1, 0.15) is 6.33 Å². The van der Waals surface area contributed by atoms with Crippen molar-refractivity contribution >= 4 is 33.6 Å². The van der Waals surface area contributed by atoms with Crippen LogP contribution in [-0.4, -0.2) is 31.6 Å². The van der Waals surface area contributed by atoms with E-state index in [2.05, 4.69) is 41.2 Å². The lowest BCUT2D eigenvalue weighted by Crippen LogP contribution is -2.06. The van der Waals surface area contributed by atoms with Crippen molar-refractivity contribution < 1.29 is 0 Å². The zero-order chi connectivity index (χ0) is 14.7. The maximum absolute atomic E-state index is 4.46. The molecule has 0 saturated heterocycles. The molecule has 3 rings (SSSR count). The number of imidazole rings is 1. The van der Waals surface area contributed by atoms with Crippen LogP contribution in [0.2, 0.25) is 0 Å². The Morgan fingerprint density at radius 1 is 1.19 bits per heavy atom. The van der Waals surface area contributed by atoms with Crippen LogP contribution in [0, 0.1) is 0 Å². The number of aromatic nitrogens is 5. The largest absolute Gasteiger partial charge is 0.357 e. The van der Waals surface area contributed by atoms with Gasteiger partial charge in [-0.2, -0.15) is 15.0 Å². The van der Waals surface area contributed by atoms with Gasteiger partial charge in [-0.15, -0.1) is 0 Å². The molecule has 0 aliphatic heterocycles. The SMILES string of the molecule is CNc1nc(Sc2ccccc2Br)nc(-n2ccnc2)n1. The average molecular weight is 363 g/mol. The maximum atomic E-state index is 4.46. The van der Waals surface area contributed by atoms with Crippen molar-refractivity contribution in [3.8, 4) is 5.95 Å². The molecule has 0 bridgehead atoms. The first-order chi connectivity index (χ1) is 10.3. The van der Waals surface area contributed by atoms with Gasteiger partial charge in [-0.25, -0.2) is 4.98 Å². The van der Waals surface area contributed by atoms with Crippen LogP contribution >= 0.6 is 27.7 Å². The number of benzene rings is 1. The van der Waals surface area contributed by atoms with E-state index < -0.39 is 0 Å². The Bertz CT molecular complexity index is 746. The van der Waals surface area contributed by atoms with Gasteiger partial charge in [-0.3, -0.25) is 4.57 Å². The molecule has 0 aliphatic carbocycles. The Morgan fingerprint density at radius 3 is 2.76 bits per heavy atom. The zero-order valence-corrected chi connectivity index (χ0v) is 13.5. The minimum Gasteiger partial charge on any atom is -0.357 e. The Balaban J connectivity index is 1.99. The van der Waals surface area contributed by atoms with Crippen LogP contribution in [0.5, 0.6) is 0 Å². The van der Waals surface area contributed by atoms with E-state index in [1.807, 2.05) is 24.3 Å². The minimum absolute atomic E-state index is 0.517. The van der Waals surface area contributed by atoms with Gasteiger partial charge in [-0.05, 0) is 39.8 Å². The first-order valence-corrected chi connectivity index (χ1v) is 7.72. The lowest BCUT2D eigenvalue weighted by Gasteiger charge is -2.07. The molecule has 0 atom stereocenters. The third-order valence-electron chi connectivity index (χ3n) is 2.60. The highest BCUT2D eigenvalue weighted by Crippen LogP contribution is 2.31. The summed E-state index contributed by atoms with van der Waals surface area (Å²) < 4.78 is 2.75. The number of anilines is 1. The molecular formula is C13H11BrN6S. The highest BCUT2D eigenvalue weighted by atomic mass is 79.9. The Morgan fingerprint density at radius 2 is 2.05 bits per heavy atom. The number of nitrogens with one attached hydrogen (secondary N) is 1. The van der Waals surface area contributed by atoms with E-state index in [1.54, 1.807) is 30.3 Å². The Hall–Kier alpha value is -1.93. The molecule has 106 valence electrons. The van der Waals surface area contributed by atoms with Gasteiger partial charge in [-0.1, -0.05) is 12.1 Å². The summed E-state index contributed by atoms with van der Waals surface area (Å²) in [5.74, 6) is 1.05. The summed E-state index contributed by atoms with van der Waals surface area (Å²) in [5.41, 5.74) is 0. The first-order valence-electron chi connectivity index (χ1n) is 6.11. The van der Waals surface area contributed by atoms with E-state index in [-0.39, 0.29) is 0 Å². The fraction of sp³-hybridized carbons (Fsp3) is 0.0769. The van der Waals surface area contributed by atoms with E-state index in [9.17, 15) is 0 Å². The van der Waals surface area contributed by atoms with Crippen LogP contribution < -0.4 is 5.32 Å². The molecule has 1 N–H and O–H groups in total. The van der Waals surface area contributed by atoms with Crippen molar-refractivity contribution in [2.75, 3.05) is 12.4 Å². The molecule has 2 heterocycles. The van der Waals surface area contributed by atoms with Gasteiger partial charge in [0, 0.05) is 28.8 Å². The smallest absolute Gasteiger partial charge is 0.240 e. The topological polar surface area (TPSA) is 68.5 Å². The molecular weight excluding hydrogens is 352 g/mol. The number of hydrogen-bond donors (Lipinski definition) is 1. The van der Waals surface area contributed by atoms with E-state index in [0.29, 0.717) is 17.1 Å². The quantitative estimate of drug-likeness (QED) is 0.769. The molecule has 8 heteroatoms. The van der Waals surface area contributed by atoms with Gasteiger partial charge < -0.3 is 5.32 Å². The summed E-state index contributed by atoms with van der Waals surface area (Å²) in [6.07, 6.45) is 5.13. The second kappa shape index (κ2) is 6.23. The molecule has 0 radical (unpaired) electrons. The summed E-state index contributed by atoms with van der Waals surface area (Å²) >= 11 is 5.00. The fourth-order valence-corrected chi connectivity index (χ4v) is 2.92. The normalized spacial score (nSPS) is 10.6. The van der Waals surface area contributed by atoms with Crippen LogP contribution in [0.25, 0.3) is 5.95 Å². The van der Waals surface area contributed by atoms with Crippen molar-refractivity contribution in [1.29, 1.82) is 0 Å². The molecule has 6 nitrogen and oxygen atoms in total. The summed E-state index contributed by atoms with van der Waals surface area (Å²) in [6, 6.07) is 7.94. The standard InChI is InChI=1S/C13H11BrN6S/c1-15-11-17-12(20-7-6-16-8-20)19-13(18-11)21-10-5-3-2-4-9(10)14/h2-8H,1H3,(H,15,17,18,19). The highest BCUT2D eigenvalue weighted by molar-refractivity contribution is 9.10. The van der Waals surface area contributed by atoms with Gasteiger partial charge in [0.15, 0.2) is 5.16 Å². The molecule has 0 spiro atoms. The van der Waals surface area contributed by atoms with E-state index >= 15 is 0 Å². The number of rotatable bonds is 4. The van der Waals surface area contributed by atoms with Crippen LogP contribution in [0.1, 0.15) is 0 Å². The third kappa shape index (κ3) is 3.22. The number of nitrogens with zero attached hydrogens (tertiary/aromatic N) is 5. The van der Waals surface area contributed by atoms with Gasteiger partial charge in [0.25, 0.3) is 0 Å². The average Bonchev–Trinajstić information content (AvgIpc) is 3.04. The molecule has 2 aromatic heterocycles. The number of halogens is 1. The van der Waals surface area contributed by atoms with Gasteiger partial charge in [0.2, 0.25) is 11.9 Å². The lowest BCUT2D eigenvalue weighted by atomic mass is 10.4. The summed E-state index contributed by atoms with van der Waals surface area (Å²) in [7, 11) is 1.78. The molecule has 3 aromatic rings. The van der Waals surface area contributed by atoms with E-state index in [4.69, 9.17) is 0 Å². The molecule has 0 aliphatic rings. The highest BCUT2D eigenvalue weighted by Gasteiger charge is 2.10. The minimum atomic E-state index is 0.517. The lowest BCUT2D eigenvalue weighted by molar-refractivity contribution is 0.828.